The molecule has 7 heteroatoms. The van der Waals surface area contributed by atoms with Gasteiger partial charge in [-0.3, -0.25) is 4.79 Å². The molecule has 1 atom stereocenters. The van der Waals surface area contributed by atoms with Crippen molar-refractivity contribution in [3.8, 4) is 0 Å². The Kier molecular flexibility index (Phi) is 3.94. The van der Waals surface area contributed by atoms with Crippen molar-refractivity contribution in [2.45, 2.75) is 32.0 Å². The molecule has 0 spiro atoms. The SMILES string of the molecule is CC(C1CC1)N(CC(F)(F)F)C(=O)c1ccc(Br)o1. The van der Waals surface area contributed by atoms with Crippen molar-refractivity contribution in [1.82, 2.24) is 4.90 Å². The summed E-state index contributed by atoms with van der Waals surface area (Å²) in [5, 5.41) is 0. The Hall–Kier alpha value is -0.980. The highest BCUT2D eigenvalue weighted by Crippen LogP contribution is 2.36. The molecular formula is C12H13BrF3NO2. The lowest BCUT2D eigenvalue weighted by molar-refractivity contribution is -0.145. The van der Waals surface area contributed by atoms with Gasteiger partial charge >= 0.3 is 6.18 Å². The molecule has 106 valence electrons. The van der Waals surface area contributed by atoms with E-state index in [1.807, 2.05) is 0 Å². The summed E-state index contributed by atoms with van der Waals surface area (Å²) in [6.45, 7) is 0.404. The summed E-state index contributed by atoms with van der Waals surface area (Å²) in [5.74, 6) is -0.643. The van der Waals surface area contributed by atoms with E-state index in [1.54, 1.807) is 6.92 Å². The third-order valence-electron chi connectivity index (χ3n) is 3.19. The van der Waals surface area contributed by atoms with Crippen LogP contribution >= 0.6 is 15.9 Å². The van der Waals surface area contributed by atoms with Gasteiger partial charge in [-0.1, -0.05) is 0 Å². The Labute approximate surface area is 116 Å². The average molecular weight is 340 g/mol. The van der Waals surface area contributed by atoms with Crippen LogP contribution in [0.5, 0.6) is 0 Å². The molecule has 3 nitrogen and oxygen atoms in total. The first kappa shape index (κ1) is 14.4. The van der Waals surface area contributed by atoms with E-state index in [0.717, 1.165) is 17.7 Å². The van der Waals surface area contributed by atoms with Gasteiger partial charge < -0.3 is 9.32 Å². The lowest BCUT2D eigenvalue weighted by Gasteiger charge is -2.29. The second kappa shape index (κ2) is 5.19. The summed E-state index contributed by atoms with van der Waals surface area (Å²) >= 11 is 3.03. The van der Waals surface area contributed by atoms with E-state index in [4.69, 9.17) is 4.42 Å². The van der Waals surface area contributed by atoms with E-state index >= 15 is 0 Å². The van der Waals surface area contributed by atoms with Crippen molar-refractivity contribution in [2.24, 2.45) is 5.92 Å². The fourth-order valence-electron chi connectivity index (χ4n) is 2.00. The predicted octanol–water partition coefficient (Wildman–Crippen LogP) is 3.85. The van der Waals surface area contributed by atoms with E-state index < -0.39 is 24.7 Å². The van der Waals surface area contributed by atoms with Crippen molar-refractivity contribution in [3.05, 3.63) is 22.6 Å². The summed E-state index contributed by atoms with van der Waals surface area (Å²) in [5.41, 5.74) is 0. The normalized spacial score (nSPS) is 17.3. The molecule has 1 aromatic rings. The van der Waals surface area contributed by atoms with Crippen LogP contribution in [-0.4, -0.2) is 29.6 Å². The van der Waals surface area contributed by atoms with Crippen LogP contribution in [0, 0.1) is 5.92 Å². The topological polar surface area (TPSA) is 33.5 Å². The maximum absolute atomic E-state index is 12.6. The number of nitrogens with zero attached hydrogens (tertiary/aromatic N) is 1. The molecule has 0 bridgehead atoms. The number of alkyl halides is 3. The summed E-state index contributed by atoms with van der Waals surface area (Å²) < 4.78 is 43.2. The molecule has 1 aromatic heterocycles. The van der Waals surface area contributed by atoms with Gasteiger partial charge in [-0.2, -0.15) is 13.2 Å². The summed E-state index contributed by atoms with van der Waals surface area (Å²) in [4.78, 5) is 13.0. The van der Waals surface area contributed by atoms with Gasteiger partial charge in [0.05, 0.1) is 0 Å². The molecule has 1 fully saturated rings. The number of carbonyl (C=O) groups is 1. The minimum Gasteiger partial charge on any atom is -0.444 e. The molecule has 2 rings (SSSR count). The van der Waals surface area contributed by atoms with Gasteiger partial charge in [0.1, 0.15) is 6.54 Å². The molecule has 0 aliphatic heterocycles. The van der Waals surface area contributed by atoms with Gasteiger partial charge in [0.25, 0.3) is 5.91 Å². The van der Waals surface area contributed by atoms with Gasteiger partial charge in [0, 0.05) is 6.04 Å². The van der Waals surface area contributed by atoms with Gasteiger partial charge in [-0.05, 0) is 53.7 Å². The number of hydrogen-bond acceptors (Lipinski definition) is 2. The highest BCUT2D eigenvalue weighted by molar-refractivity contribution is 9.10. The molecule has 1 heterocycles. The van der Waals surface area contributed by atoms with Crippen molar-refractivity contribution in [1.29, 1.82) is 0 Å². The second-order valence-electron chi connectivity index (χ2n) is 4.73. The fourth-order valence-corrected chi connectivity index (χ4v) is 2.30. The molecular weight excluding hydrogens is 327 g/mol. The van der Waals surface area contributed by atoms with Crippen LogP contribution in [0.3, 0.4) is 0 Å². The molecule has 1 aliphatic rings. The lowest BCUT2D eigenvalue weighted by Crippen LogP contribution is -2.45. The summed E-state index contributed by atoms with van der Waals surface area (Å²) in [6, 6.07) is 2.42. The van der Waals surface area contributed by atoms with Crippen LogP contribution in [0.2, 0.25) is 0 Å². The van der Waals surface area contributed by atoms with Crippen molar-refractivity contribution < 1.29 is 22.4 Å². The first-order chi connectivity index (χ1) is 8.78. The van der Waals surface area contributed by atoms with Gasteiger partial charge in [-0.15, -0.1) is 0 Å². The minimum absolute atomic E-state index is 0.0800. The first-order valence-electron chi connectivity index (χ1n) is 5.91. The van der Waals surface area contributed by atoms with E-state index in [9.17, 15) is 18.0 Å². The average Bonchev–Trinajstić information content (AvgIpc) is 3.06. The molecule has 1 unspecified atom stereocenters. The Morgan fingerprint density at radius 2 is 2.16 bits per heavy atom. The first-order valence-corrected chi connectivity index (χ1v) is 6.70. The molecule has 1 amide bonds. The van der Waals surface area contributed by atoms with Crippen LogP contribution in [0.15, 0.2) is 21.2 Å². The van der Waals surface area contributed by atoms with Gasteiger partial charge in [-0.25, -0.2) is 0 Å². The van der Waals surface area contributed by atoms with Crippen molar-refractivity contribution in [2.75, 3.05) is 6.54 Å². The van der Waals surface area contributed by atoms with Crippen molar-refractivity contribution in [3.63, 3.8) is 0 Å². The molecule has 1 saturated carbocycles. The zero-order valence-corrected chi connectivity index (χ0v) is 11.8. The van der Waals surface area contributed by atoms with Gasteiger partial charge in [0.15, 0.2) is 10.4 Å². The molecule has 1 aliphatic carbocycles. The third-order valence-corrected chi connectivity index (χ3v) is 3.62. The maximum Gasteiger partial charge on any atom is 0.406 e. The number of furan rings is 1. The third kappa shape index (κ3) is 3.75. The van der Waals surface area contributed by atoms with Crippen LogP contribution in [-0.2, 0) is 0 Å². The van der Waals surface area contributed by atoms with E-state index in [-0.39, 0.29) is 11.7 Å². The number of hydrogen-bond donors (Lipinski definition) is 0. The number of rotatable bonds is 4. The van der Waals surface area contributed by atoms with Crippen LogP contribution in [0.4, 0.5) is 13.2 Å². The van der Waals surface area contributed by atoms with E-state index in [1.165, 1.54) is 12.1 Å². The van der Waals surface area contributed by atoms with Crippen LogP contribution < -0.4 is 0 Å². The Balaban J connectivity index is 2.18. The molecule has 0 N–H and O–H groups in total. The molecule has 19 heavy (non-hydrogen) atoms. The lowest BCUT2D eigenvalue weighted by atomic mass is 10.1. The van der Waals surface area contributed by atoms with Crippen LogP contribution in [0.1, 0.15) is 30.3 Å². The van der Waals surface area contributed by atoms with Crippen molar-refractivity contribution >= 4 is 21.8 Å². The maximum atomic E-state index is 12.6. The molecule has 0 radical (unpaired) electrons. The largest absolute Gasteiger partial charge is 0.444 e. The van der Waals surface area contributed by atoms with Crippen LogP contribution in [0.25, 0.3) is 0 Å². The molecule has 0 saturated heterocycles. The number of halogens is 4. The summed E-state index contributed by atoms with van der Waals surface area (Å²) in [7, 11) is 0. The minimum atomic E-state index is -4.41. The molecule has 0 aromatic carbocycles. The highest BCUT2D eigenvalue weighted by atomic mass is 79.9. The standard InChI is InChI=1S/C12H13BrF3NO2/c1-7(8-2-3-8)17(6-12(14,15)16)11(18)9-4-5-10(13)19-9/h4-5,7-8H,2-3,6H2,1H3. The predicted molar refractivity (Wildman–Crippen MR) is 65.7 cm³/mol. The summed E-state index contributed by atoms with van der Waals surface area (Å²) in [6.07, 6.45) is -2.68. The fraction of sp³-hybridized carbons (Fsp3) is 0.583. The number of carbonyl (C=O) groups excluding carboxylic acids is 1. The van der Waals surface area contributed by atoms with Gasteiger partial charge in [0.2, 0.25) is 0 Å². The van der Waals surface area contributed by atoms with E-state index in [0.29, 0.717) is 4.67 Å². The zero-order chi connectivity index (χ0) is 14.2. The Morgan fingerprint density at radius 1 is 1.53 bits per heavy atom. The Morgan fingerprint density at radius 3 is 2.58 bits per heavy atom. The smallest absolute Gasteiger partial charge is 0.406 e. The monoisotopic (exact) mass is 339 g/mol. The second-order valence-corrected chi connectivity index (χ2v) is 5.51. The van der Waals surface area contributed by atoms with E-state index in [2.05, 4.69) is 15.9 Å². The zero-order valence-electron chi connectivity index (χ0n) is 10.2. The number of amides is 1. The quantitative estimate of drug-likeness (QED) is 0.834. The highest BCUT2D eigenvalue weighted by Gasteiger charge is 2.41. The Bertz CT molecular complexity index is 468.